The summed E-state index contributed by atoms with van der Waals surface area (Å²) in [5.74, 6) is 0.242. The fraction of sp³-hybridized carbons (Fsp3) is 0.200. The number of carbonyl (C=O) groups is 1. The first-order valence-corrected chi connectivity index (χ1v) is 9.80. The van der Waals surface area contributed by atoms with Crippen LogP contribution in [0.15, 0.2) is 82.2 Å². The van der Waals surface area contributed by atoms with E-state index in [1.165, 1.54) is 11.8 Å². The van der Waals surface area contributed by atoms with Crippen molar-refractivity contribution >= 4 is 16.7 Å². The van der Waals surface area contributed by atoms with Crippen molar-refractivity contribution in [1.82, 2.24) is 4.98 Å². The van der Waals surface area contributed by atoms with Crippen LogP contribution in [0.3, 0.4) is 0 Å². The van der Waals surface area contributed by atoms with Crippen LogP contribution in [0.5, 0.6) is 0 Å². The zero-order valence-electron chi connectivity index (χ0n) is 16.8. The number of ketones is 1. The molecular formula is C25H25NO3. The lowest BCUT2D eigenvalue weighted by Crippen LogP contribution is -2.13. The van der Waals surface area contributed by atoms with E-state index in [4.69, 9.17) is 4.42 Å². The molecule has 29 heavy (non-hydrogen) atoms. The number of benzene rings is 2. The van der Waals surface area contributed by atoms with Crippen molar-refractivity contribution in [3.63, 3.8) is 0 Å². The molecule has 1 N–H and O–H groups in total. The minimum absolute atomic E-state index is 0.0938. The van der Waals surface area contributed by atoms with E-state index < -0.39 is 0 Å². The summed E-state index contributed by atoms with van der Waals surface area (Å²) in [6.07, 6.45) is 3.27. The Kier molecular flexibility index (Phi) is 6.80. The number of aryl methyl sites for hydroxylation is 3. The van der Waals surface area contributed by atoms with Gasteiger partial charge in [-0.15, -0.1) is 0 Å². The lowest BCUT2D eigenvalue weighted by Gasteiger charge is -2.04. The number of hydrogen-bond donors (Lipinski definition) is 1. The number of furan rings is 1. The number of aromatic amines is 1. The van der Waals surface area contributed by atoms with E-state index in [0.717, 1.165) is 22.9 Å². The molecule has 4 rings (SSSR count). The van der Waals surface area contributed by atoms with Gasteiger partial charge < -0.3 is 9.40 Å². The van der Waals surface area contributed by atoms with Gasteiger partial charge in [0, 0.05) is 17.5 Å². The molecule has 2 heterocycles. The number of Topliss-reactive ketones (excluding diaryl/α,β-unsaturated/α-hetero) is 1. The van der Waals surface area contributed by atoms with Crippen molar-refractivity contribution in [1.29, 1.82) is 0 Å². The lowest BCUT2D eigenvalue weighted by atomic mass is 10.0. The lowest BCUT2D eigenvalue weighted by molar-refractivity contribution is 0.0956. The van der Waals surface area contributed by atoms with Crippen molar-refractivity contribution < 1.29 is 9.21 Å². The van der Waals surface area contributed by atoms with E-state index in [-0.39, 0.29) is 17.8 Å². The molecule has 2 aromatic carbocycles. The van der Waals surface area contributed by atoms with E-state index in [1.807, 2.05) is 37.3 Å². The first-order chi connectivity index (χ1) is 14.1. The van der Waals surface area contributed by atoms with Gasteiger partial charge in [-0.2, -0.15) is 0 Å². The Labute approximate surface area is 170 Å². The summed E-state index contributed by atoms with van der Waals surface area (Å²) in [6.45, 7) is 4.17. The molecule has 0 fully saturated rings. The molecule has 0 saturated carbocycles. The van der Waals surface area contributed by atoms with Crippen molar-refractivity contribution in [2.24, 2.45) is 0 Å². The SMILES string of the molecule is CCc1ccccc1.Cc1ccc2[nH]c(=O)c(CCC(=O)c3ccco3)cc2c1. The summed E-state index contributed by atoms with van der Waals surface area (Å²) in [5.41, 5.74) is 3.83. The Morgan fingerprint density at radius 2 is 1.79 bits per heavy atom. The third-order valence-corrected chi connectivity index (χ3v) is 4.75. The second-order valence-corrected chi connectivity index (χ2v) is 6.95. The maximum Gasteiger partial charge on any atom is 0.251 e. The first kappa shape index (κ1) is 20.3. The van der Waals surface area contributed by atoms with Crippen LogP contribution in [-0.4, -0.2) is 10.8 Å². The minimum Gasteiger partial charge on any atom is -0.461 e. The first-order valence-electron chi connectivity index (χ1n) is 9.80. The maximum atomic E-state index is 12.0. The van der Waals surface area contributed by atoms with Crippen LogP contribution in [0, 0.1) is 6.92 Å². The highest BCUT2D eigenvalue weighted by Gasteiger charge is 2.11. The van der Waals surface area contributed by atoms with Crippen molar-refractivity contribution in [3.8, 4) is 0 Å². The fourth-order valence-electron chi connectivity index (χ4n) is 3.08. The van der Waals surface area contributed by atoms with Gasteiger partial charge in [0.05, 0.1) is 6.26 Å². The number of nitrogens with one attached hydrogen (secondary N) is 1. The number of aromatic nitrogens is 1. The molecule has 0 saturated heterocycles. The summed E-state index contributed by atoms with van der Waals surface area (Å²) < 4.78 is 5.06. The summed E-state index contributed by atoms with van der Waals surface area (Å²) in [4.78, 5) is 26.8. The van der Waals surface area contributed by atoms with Crippen molar-refractivity contribution in [2.75, 3.05) is 0 Å². The van der Waals surface area contributed by atoms with E-state index in [0.29, 0.717) is 17.7 Å². The Morgan fingerprint density at radius 1 is 1.00 bits per heavy atom. The van der Waals surface area contributed by atoms with Crippen LogP contribution in [-0.2, 0) is 12.8 Å². The maximum absolute atomic E-state index is 12.0. The number of hydrogen-bond acceptors (Lipinski definition) is 3. The van der Waals surface area contributed by atoms with Crippen LogP contribution in [0.25, 0.3) is 10.9 Å². The summed E-state index contributed by atoms with van der Waals surface area (Å²) in [7, 11) is 0. The molecule has 0 atom stereocenters. The molecule has 0 unspecified atom stereocenters. The molecule has 4 nitrogen and oxygen atoms in total. The van der Waals surface area contributed by atoms with E-state index in [1.54, 1.807) is 12.1 Å². The van der Waals surface area contributed by atoms with E-state index in [9.17, 15) is 9.59 Å². The van der Waals surface area contributed by atoms with Crippen LogP contribution in [0.1, 0.15) is 40.6 Å². The third-order valence-electron chi connectivity index (χ3n) is 4.75. The average molecular weight is 387 g/mol. The van der Waals surface area contributed by atoms with Gasteiger partial charge in [-0.05, 0) is 61.0 Å². The van der Waals surface area contributed by atoms with Gasteiger partial charge in [-0.1, -0.05) is 48.9 Å². The predicted octanol–water partition coefficient (Wildman–Crippen LogP) is 5.49. The van der Waals surface area contributed by atoms with Gasteiger partial charge in [0.2, 0.25) is 0 Å². The van der Waals surface area contributed by atoms with Crippen LogP contribution >= 0.6 is 0 Å². The number of fused-ring (bicyclic) bond motifs is 1. The number of carbonyl (C=O) groups excluding carboxylic acids is 1. The Morgan fingerprint density at radius 3 is 2.45 bits per heavy atom. The molecule has 0 aliphatic rings. The quantitative estimate of drug-likeness (QED) is 0.460. The summed E-state index contributed by atoms with van der Waals surface area (Å²) in [6, 6.07) is 21.5. The van der Waals surface area contributed by atoms with Gasteiger partial charge in [-0.25, -0.2) is 0 Å². The summed E-state index contributed by atoms with van der Waals surface area (Å²) >= 11 is 0. The average Bonchev–Trinajstić information content (AvgIpc) is 3.28. The second kappa shape index (κ2) is 9.69. The smallest absolute Gasteiger partial charge is 0.251 e. The largest absolute Gasteiger partial charge is 0.461 e. The molecule has 0 amide bonds. The zero-order valence-corrected chi connectivity index (χ0v) is 16.8. The third kappa shape index (κ3) is 5.55. The van der Waals surface area contributed by atoms with Crippen LogP contribution < -0.4 is 5.56 Å². The monoisotopic (exact) mass is 387 g/mol. The molecule has 0 radical (unpaired) electrons. The number of rotatable bonds is 5. The number of pyridine rings is 1. The van der Waals surface area contributed by atoms with Gasteiger partial charge in [0.1, 0.15) is 0 Å². The van der Waals surface area contributed by atoms with Crippen LogP contribution in [0.4, 0.5) is 0 Å². The minimum atomic E-state index is -0.140. The highest BCUT2D eigenvalue weighted by Crippen LogP contribution is 2.14. The van der Waals surface area contributed by atoms with Crippen molar-refractivity contribution in [2.45, 2.75) is 33.1 Å². The number of H-pyrrole nitrogens is 1. The van der Waals surface area contributed by atoms with Gasteiger partial charge >= 0.3 is 0 Å². The molecule has 2 aromatic heterocycles. The van der Waals surface area contributed by atoms with Crippen LogP contribution in [0.2, 0.25) is 0 Å². The van der Waals surface area contributed by atoms with E-state index in [2.05, 4.69) is 36.2 Å². The van der Waals surface area contributed by atoms with Gasteiger partial charge in [0.25, 0.3) is 5.56 Å². The van der Waals surface area contributed by atoms with Gasteiger partial charge in [-0.3, -0.25) is 9.59 Å². The summed E-state index contributed by atoms with van der Waals surface area (Å²) in [5, 5.41) is 0.982. The molecular weight excluding hydrogens is 362 g/mol. The molecule has 0 spiro atoms. The molecule has 4 heteroatoms. The molecule has 0 aliphatic heterocycles. The standard InChI is InChI=1S/C17H15NO3.C8H10/c1-11-4-6-14-13(9-11)10-12(17(20)18-14)5-7-15(19)16-3-2-8-21-16;1-2-8-6-4-3-5-7-8/h2-4,6,8-10H,5,7H2,1H3,(H,18,20);3-7H,2H2,1H3. The molecule has 148 valence electrons. The van der Waals surface area contributed by atoms with Gasteiger partial charge in [0.15, 0.2) is 11.5 Å². The Bertz CT molecular complexity index is 1130. The van der Waals surface area contributed by atoms with Crippen molar-refractivity contribution in [3.05, 3.63) is 106 Å². The molecule has 0 bridgehead atoms. The topological polar surface area (TPSA) is 63.1 Å². The van der Waals surface area contributed by atoms with E-state index >= 15 is 0 Å². The fourth-order valence-corrected chi connectivity index (χ4v) is 3.08. The Balaban J connectivity index is 0.000000252. The highest BCUT2D eigenvalue weighted by molar-refractivity contribution is 5.93. The molecule has 0 aliphatic carbocycles. The predicted molar refractivity (Wildman–Crippen MR) is 116 cm³/mol. The highest BCUT2D eigenvalue weighted by atomic mass is 16.3. The Hall–Kier alpha value is -3.40. The zero-order chi connectivity index (χ0) is 20.6. The second-order valence-electron chi connectivity index (χ2n) is 6.95. The molecule has 4 aromatic rings. The normalized spacial score (nSPS) is 10.4.